The van der Waals surface area contributed by atoms with Gasteiger partial charge >= 0.3 is 0 Å². The van der Waals surface area contributed by atoms with E-state index in [-0.39, 0.29) is 5.92 Å². The molecule has 32 heavy (non-hydrogen) atoms. The first kappa shape index (κ1) is 22.3. The second-order valence-electron chi connectivity index (χ2n) is 8.48. The molecule has 0 radical (unpaired) electrons. The van der Waals surface area contributed by atoms with E-state index >= 15 is 0 Å². The Labute approximate surface area is 192 Å². The Hall–Kier alpha value is -2.95. The monoisotopic (exact) mass is 428 g/mol. The number of hydrogen-bond acceptors (Lipinski definition) is 2. The predicted octanol–water partition coefficient (Wildman–Crippen LogP) is 3.94. The Morgan fingerprint density at radius 3 is 2.06 bits per heavy atom. The van der Waals surface area contributed by atoms with E-state index in [9.17, 15) is 0 Å². The fraction of sp³-hybridized carbons (Fsp3) is 0.321. The molecule has 1 saturated heterocycles. The number of benzene rings is 3. The minimum absolute atomic E-state index is 0.0643. The van der Waals surface area contributed by atoms with Gasteiger partial charge in [0.2, 0.25) is 0 Å². The maximum atomic E-state index is 5.49. The lowest BCUT2D eigenvalue weighted by molar-refractivity contribution is -0.908. The van der Waals surface area contributed by atoms with E-state index in [0.29, 0.717) is 0 Å². The van der Waals surface area contributed by atoms with Crippen molar-refractivity contribution < 1.29 is 9.64 Å². The summed E-state index contributed by atoms with van der Waals surface area (Å²) < 4.78 is 5.49. The van der Waals surface area contributed by atoms with Crippen molar-refractivity contribution in [2.75, 3.05) is 44.7 Å². The summed E-state index contributed by atoms with van der Waals surface area (Å²) in [5.41, 5.74) is 4.82. The second-order valence-corrected chi connectivity index (χ2v) is 8.48. The molecule has 0 bridgehead atoms. The van der Waals surface area contributed by atoms with Crippen molar-refractivity contribution >= 4 is 11.5 Å². The Morgan fingerprint density at radius 1 is 0.875 bits per heavy atom. The molecule has 166 valence electrons. The van der Waals surface area contributed by atoms with Crippen LogP contribution in [0.25, 0.3) is 0 Å². The van der Waals surface area contributed by atoms with Crippen LogP contribution in [0.3, 0.4) is 0 Å². The minimum Gasteiger partial charge on any atom is -0.370 e. The molecule has 1 aliphatic heterocycles. The number of morpholine rings is 1. The number of ether oxygens (including phenoxy) is 1. The van der Waals surface area contributed by atoms with E-state index < -0.39 is 0 Å². The van der Waals surface area contributed by atoms with Crippen molar-refractivity contribution in [3.63, 3.8) is 0 Å². The topological polar surface area (TPSA) is 38.1 Å². The van der Waals surface area contributed by atoms with Gasteiger partial charge in [-0.15, -0.1) is 0 Å². The van der Waals surface area contributed by atoms with Crippen molar-refractivity contribution in [3.05, 3.63) is 102 Å². The number of quaternary nitrogens is 1. The average Bonchev–Trinajstić information content (AvgIpc) is 2.85. The van der Waals surface area contributed by atoms with Crippen LogP contribution >= 0.6 is 0 Å². The highest BCUT2D eigenvalue weighted by Crippen LogP contribution is 2.27. The Morgan fingerprint density at radius 2 is 1.47 bits per heavy atom. The smallest absolute Gasteiger partial charge is 0.113 e. The molecule has 4 heteroatoms. The molecule has 0 aromatic heterocycles. The van der Waals surface area contributed by atoms with Crippen molar-refractivity contribution in [1.29, 1.82) is 0 Å². The van der Waals surface area contributed by atoms with E-state index in [4.69, 9.17) is 9.73 Å². The maximum Gasteiger partial charge on any atom is 0.113 e. The lowest BCUT2D eigenvalue weighted by Crippen LogP contribution is -3.14. The first-order valence-corrected chi connectivity index (χ1v) is 11.7. The third-order valence-corrected chi connectivity index (χ3v) is 6.03. The molecule has 3 aromatic rings. The highest BCUT2D eigenvalue weighted by atomic mass is 16.5. The third kappa shape index (κ3) is 6.28. The van der Waals surface area contributed by atoms with Crippen LogP contribution < -0.4 is 10.2 Å². The van der Waals surface area contributed by atoms with Crippen LogP contribution in [0.5, 0.6) is 0 Å². The Bertz CT molecular complexity index is 925. The van der Waals surface area contributed by atoms with Gasteiger partial charge in [-0.2, -0.15) is 0 Å². The standard InChI is InChI=1S/C28H33N3O/c1-23-13-15-26(16-14-23)30-28(29-17-8-18-31-19-21-32-22-20-31)27(24-9-4-2-5-10-24)25-11-6-3-7-12-25/h2-7,9-16,27H,8,17-22H2,1H3,(H,29,30)/p+1. The largest absolute Gasteiger partial charge is 0.370 e. The molecule has 0 atom stereocenters. The van der Waals surface area contributed by atoms with Gasteiger partial charge in [0, 0.05) is 18.7 Å². The van der Waals surface area contributed by atoms with Crippen LogP contribution in [0, 0.1) is 6.92 Å². The molecule has 1 heterocycles. The van der Waals surface area contributed by atoms with Crippen molar-refractivity contribution in [2.45, 2.75) is 19.3 Å². The molecule has 0 unspecified atom stereocenters. The molecule has 2 N–H and O–H groups in total. The number of hydrogen-bond donors (Lipinski definition) is 2. The van der Waals surface area contributed by atoms with Gasteiger partial charge in [0.15, 0.2) is 0 Å². The summed E-state index contributed by atoms with van der Waals surface area (Å²) in [7, 11) is 0. The van der Waals surface area contributed by atoms with Gasteiger partial charge in [0.1, 0.15) is 18.9 Å². The Kier molecular flexibility index (Phi) is 8.07. The van der Waals surface area contributed by atoms with Gasteiger partial charge < -0.3 is 15.0 Å². The van der Waals surface area contributed by atoms with Crippen molar-refractivity contribution in [2.24, 2.45) is 4.99 Å². The van der Waals surface area contributed by atoms with E-state index in [1.165, 1.54) is 16.7 Å². The predicted molar refractivity (Wildman–Crippen MR) is 133 cm³/mol. The lowest BCUT2D eigenvalue weighted by atomic mass is 9.90. The van der Waals surface area contributed by atoms with Gasteiger partial charge in [-0.1, -0.05) is 78.4 Å². The number of amidine groups is 1. The van der Waals surface area contributed by atoms with Crippen LogP contribution in [-0.4, -0.2) is 45.2 Å². The molecule has 1 aliphatic rings. The van der Waals surface area contributed by atoms with Gasteiger partial charge in [0.05, 0.1) is 25.7 Å². The van der Waals surface area contributed by atoms with Crippen LogP contribution in [0.2, 0.25) is 0 Å². The fourth-order valence-electron chi connectivity index (χ4n) is 4.23. The minimum atomic E-state index is 0.0643. The number of nitrogens with one attached hydrogen (secondary N) is 2. The van der Waals surface area contributed by atoms with E-state index in [1.54, 1.807) is 4.90 Å². The number of aliphatic imine (C=N–C) groups is 1. The summed E-state index contributed by atoms with van der Waals surface area (Å²) in [4.78, 5) is 6.77. The second kappa shape index (κ2) is 11.6. The summed E-state index contributed by atoms with van der Waals surface area (Å²) in [5, 5.41) is 3.66. The van der Waals surface area contributed by atoms with Gasteiger partial charge in [0.25, 0.3) is 0 Å². The molecular weight excluding hydrogens is 394 g/mol. The quantitative estimate of drug-likeness (QED) is 0.324. The molecule has 1 fully saturated rings. The molecular formula is C28H34N3O+. The molecule has 0 saturated carbocycles. The molecule has 4 nitrogen and oxygen atoms in total. The fourth-order valence-corrected chi connectivity index (χ4v) is 4.23. The summed E-state index contributed by atoms with van der Waals surface area (Å²) >= 11 is 0. The van der Waals surface area contributed by atoms with E-state index in [2.05, 4.69) is 97.2 Å². The van der Waals surface area contributed by atoms with Crippen molar-refractivity contribution in [1.82, 2.24) is 0 Å². The summed E-state index contributed by atoms with van der Waals surface area (Å²) in [6, 6.07) is 29.9. The highest BCUT2D eigenvalue weighted by Gasteiger charge is 2.21. The average molecular weight is 429 g/mol. The number of nitrogens with zero attached hydrogens (tertiary/aromatic N) is 1. The summed E-state index contributed by atoms with van der Waals surface area (Å²) in [5.74, 6) is 1.07. The van der Waals surface area contributed by atoms with Gasteiger partial charge in [-0.05, 0) is 30.2 Å². The summed E-state index contributed by atoms with van der Waals surface area (Å²) in [6.07, 6.45) is 1.07. The van der Waals surface area contributed by atoms with Crippen LogP contribution in [0.1, 0.15) is 29.0 Å². The first-order valence-electron chi connectivity index (χ1n) is 11.7. The molecule has 4 rings (SSSR count). The van der Waals surface area contributed by atoms with E-state index in [0.717, 1.165) is 57.3 Å². The normalized spacial score (nSPS) is 15.1. The maximum absolute atomic E-state index is 5.49. The molecule has 0 amide bonds. The lowest BCUT2D eigenvalue weighted by Gasteiger charge is -2.24. The first-order chi connectivity index (χ1) is 15.8. The molecule has 3 aromatic carbocycles. The van der Waals surface area contributed by atoms with Crippen LogP contribution in [0.4, 0.5) is 5.69 Å². The number of anilines is 1. The highest BCUT2D eigenvalue weighted by molar-refractivity contribution is 6.02. The zero-order chi connectivity index (χ0) is 22.0. The third-order valence-electron chi connectivity index (χ3n) is 6.03. The summed E-state index contributed by atoms with van der Waals surface area (Å²) in [6.45, 7) is 8.04. The number of rotatable bonds is 8. The SMILES string of the molecule is Cc1ccc(NC(=NCCC[NH+]2CCOCC2)C(c2ccccc2)c2ccccc2)cc1. The van der Waals surface area contributed by atoms with Gasteiger partial charge in [-0.25, -0.2) is 0 Å². The molecule has 0 spiro atoms. The zero-order valence-corrected chi connectivity index (χ0v) is 19.0. The Balaban J connectivity index is 1.59. The molecule has 0 aliphatic carbocycles. The van der Waals surface area contributed by atoms with Crippen LogP contribution in [0.15, 0.2) is 89.9 Å². The van der Waals surface area contributed by atoms with Gasteiger partial charge in [-0.3, -0.25) is 4.99 Å². The van der Waals surface area contributed by atoms with Crippen LogP contribution in [-0.2, 0) is 4.74 Å². The van der Waals surface area contributed by atoms with E-state index in [1.807, 2.05) is 0 Å². The van der Waals surface area contributed by atoms with Crippen molar-refractivity contribution in [3.8, 4) is 0 Å². The zero-order valence-electron chi connectivity index (χ0n) is 19.0. The number of aryl methyl sites for hydroxylation is 1.